The number of carbonyl (C=O) groups is 1. The standard InChI is InChI=1S/C27H31N5O/c1-4-32-13-11-20(12-14-32)30-21-9-10-23-22(15-21)25(27(33)31-23)24(26-28-16-18(3)29-26)19-7-5-17(2)6-8-19/h5-10,15-16,20,30H,4,11-14H2,1-3H3,(H,28,29)(H,31,33). The minimum Gasteiger partial charge on any atom is -0.382 e. The summed E-state index contributed by atoms with van der Waals surface area (Å²) in [6, 6.07) is 14.9. The second kappa shape index (κ2) is 8.87. The summed E-state index contributed by atoms with van der Waals surface area (Å²) in [5, 5.41) is 6.77. The van der Waals surface area contributed by atoms with Crippen molar-refractivity contribution < 1.29 is 4.79 Å². The Hall–Kier alpha value is -3.38. The van der Waals surface area contributed by atoms with Crippen molar-refractivity contribution in [3.05, 3.63) is 76.9 Å². The van der Waals surface area contributed by atoms with Crippen molar-refractivity contribution in [3.8, 4) is 0 Å². The van der Waals surface area contributed by atoms with Crippen LogP contribution in [0.25, 0.3) is 11.1 Å². The molecule has 3 aromatic rings. The van der Waals surface area contributed by atoms with Gasteiger partial charge >= 0.3 is 0 Å². The normalized spacial score (nSPS) is 18.2. The van der Waals surface area contributed by atoms with Crippen LogP contribution >= 0.6 is 0 Å². The van der Waals surface area contributed by atoms with E-state index in [1.54, 1.807) is 6.20 Å². The summed E-state index contributed by atoms with van der Waals surface area (Å²) in [5.74, 6) is 0.614. The van der Waals surface area contributed by atoms with E-state index in [9.17, 15) is 4.79 Å². The summed E-state index contributed by atoms with van der Waals surface area (Å²) in [5.41, 5.74) is 7.41. The van der Waals surface area contributed by atoms with Crippen LogP contribution in [0.5, 0.6) is 0 Å². The van der Waals surface area contributed by atoms with Gasteiger partial charge in [-0.25, -0.2) is 4.98 Å². The molecule has 0 spiro atoms. The summed E-state index contributed by atoms with van der Waals surface area (Å²) in [4.78, 5) is 23.6. The van der Waals surface area contributed by atoms with Gasteiger partial charge in [-0.1, -0.05) is 36.8 Å². The summed E-state index contributed by atoms with van der Waals surface area (Å²) in [6.07, 6.45) is 4.06. The SMILES string of the molecule is CCN1CCC(Nc2ccc3c(c2)C(=C(c2ccc(C)cc2)c2ncc(C)[nH]2)C(=O)N3)CC1. The molecular weight excluding hydrogens is 410 g/mol. The van der Waals surface area contributed by atoms with Gasteiger partial charge in [-0.2, -0.15) is 0 Å². The van der Waals surface area contributed by atoms with Crippen LogP contribution in [0.3, 0.4) is 0 Å². The van der Waals surface area contributed by atoms with E-state index in [1.807, 2.05) is 13.0 Å². The van der Waals surface area contributed by atoms with E-state index >= 15 is 0 Å². The average Bonchev–Trinajstić information content (AvgIpc) is 3.39. The van der Waals surface area contributed by atoms with Crippen molar-refractivity contribution >= 4 is 28.4 Å². The molecule has 3 heterocycles. The second-order valence-electron chi connectivity index (χ2n) is 9.10. The van der Waals surface area contributed by atoms with Crippen LogP contribution in [-0.2, 0) is 4.79 Å². The molecule has 6 heteroatoms. The van der Waals surface area contributed by atoms with Gasteiger partial charge < -0.3 is 20.5 Å². The third kappa shape index (κ3) is 4.31. The van der Waals surface area contributed by atoms with Crippen molar-refractivity contribution in [1.29, 1.82) is 0 Å². The lowest BCUT2D eigenvalue weighted by Gasteiger charge is -2.32. The predicted octanol–water partition coefficient (Wildman–Crippen LogP) is 4.83. The first kappa shape index (κ1) is 21.5. The number of carbonyl (C=O) groups excluding carboxylic acids is 1. The molecule has 0 atom stereocenters. The molecule has 1 amide bonds. The van der Waals surface area contributed by atoms with Gasteiger partial charge in [-0.3, -0.25) is 4.79 Å². The van der Waals surface area contributed by atoms with Crippen LogP contribution in [0.1, 0.15) is 48.0 Å². The number of piperidine rings is 1. The van der Waals surface area contributed by atoms with Gasteiger partial charge in [-0.05, 0) is 57.0 Å². The molecule has 0 aliphatic carbocycles. The number of aromatic amines is 1. The highest BCUT2D eigenvalue weighted by atomic mass is 16.2. The third-order valence-corrected chi connectivity index (χ3v) is 6.70. The summed E-state index contributed by atoms with van der Waals surface area (Å²) in [7, 11) is 0. The molecular formula is C27H31N5O. The number of nitrogens with zero attached hydrogens (tertiary/aromatic N) is 2. The zero-order valence-corrected chi connectivity index (χ0v) is 19.5. The lowest BCUT2D eigenvalue weighted by molar-refractivity contribution is -0.110. The van der Waals surface area contributed by atoms with Gasteiger partial charge in [0.2, 0.25) is 0 Å². The lowest BCUT2D eigenvalue weighted by Crippen LogP contribution is -2.38. The maximum absolute atomic E-state index is 13.2. The van der Waals surface area contributed by atoms with Crippen LogP contribution in [0.2, 0.25) is 0 Å². The van der Waals surface area contributed by atoms with Crippen LogP contribution < -0.4 is 10.6 Å². The number of imidazole rings is 1. The van der Waals surface area contributed by atoms with E-state index < -0.39 is 0 Å². The van der Waals surface area contributed by atoms with E-state index in [1.165, 1.54) is 5.56 Å². The maximum Gasteiger partial charge on any atom is 0.257 e. The van der Waals surface area contributed by atoms with Crippen molar-refractivity contribution in [2.75, 3.05) is 30.3 Å². The van der Waals surface area contributed by atoms with Crippen molar-refractivity contribution in [2.24, 2.45) is 0 Å². The Morgan fingerprint density at radius 1 is 1.12 bits per heavy atom. The largest absolute Gasteiger partial charge is 0.382 e. The Morgan fingerprint density at radius 3 is 2.55 bits per heavy atom. The molecule has 2 aromatic carbocycles. The summed E-state index contributed by atoms with van der Waals surface area (Å²) >= 11 is 0. The zero-order chi connectivity index (χ0) is 22.9. The number of likely N-dealkylation sites (tertiary alicyclic amines) is 1. The van der Waals surface area contributed by atoms with Crippen LogP contribution in [0.15, 0.2) is 48.7 Å². The number of nitrogens with one attached hydrogen (secondary N) is 3. The fourth-order valence-corrected chi connectivity index (χ4v) is 4.79. The quantitative estimate of drug-likeness (QED) is 0.496. The molecule has 3 N–H and O–H groups in total. The van der Waals surface area contributed by atoms with Gasteiger partial charge in [0, 0.05) is 53.5 Å². The van der Waals surface area contributed by atoms with Gasteiger partial charge in [0.05, 0.1) is 5.57 Å². The Morgan fingerprint density at radius 2 is 1.88 bits per heavy atom. The Labute approximate surface area is 195 Å². The van der Waals surface area contributed by atoms with Crippen molar-refractivity contribution in [2.45, 2.75) is 39.7 Å². The highest BCUT2D eigenvalue weighted by Crippen LogP contribution is 2.40. The molecule has 0 saturated carbocycles. The number of aromatic nitrogens is 2. The van der Waals surface area contributed by atoms with E-state index in [-0.39, 0.29) is 5.91 Å². The second-order valence-corrected chi connectivity index (χ2v) is 9.10. The van der Waals surface area contributed by atoms with Gasteiger partial charge in [0.1, 0.15) is 5.82 Å². The molecule has 33 heavy (non-hydrogen) atoms. The molecule has 6 nitrogen and oxygen atoms in total. The number of anilines is 2. The fourth-order valence-electron chi connectivity index (χ4n) is 4.79. The lowest BCUT2D eigenvalue weighted by atomic mass is 9.94. The molecule has 5 rings (SSSR count). The van der Waals surface area contributed by atoms with Crippen LogP contribution in [0, 0.1) is 13.8 Å². The molecule has 1 fully saturated rings. The molecule has 170 valence electrons. The number of hydrogen-bond donors (Lipinski definition) is 3. The first-order valence-corrected chi connectivity index (χ1v) is 11.8. The molecule has 0 bridgehead atoms. The first-order valence-electron chi connectivity index (χ1n) is 11.8. The molecule has 1 saturated heterocycles. The monoisotopic (exact) mass is 441 g/mol. The van der Waals surface area contributed by atoms with Gasteiger partial charge in [0.15, 0.2) is 0 Å². The number of benzene rings is 2. The third-order valence-electron chi connectivity index (χ3n) is 6.70. The number of hydrogen-bond acceptors (Lipinski definition) is 4. The topological polar surface area (TPSA) is 73.0 Å². The van der Waals surface area contributed by atoms with E-state index in [0.717, 1.165) is 66.2 Å². The highest BCUT2D eigenvalue weighted by Gasteiger charge is 2.30. The fraction of sp³-hybridized carbons (Fsp3) is 0.333. The number of amides is 1. The predicted molar refractivity (Wildman–Crippen MR) is 134 cm³/mol. The van der Waals surface area contributed by atoms with E-state index in [4.69, 9.17) is 0 Å². The highest BCUT2D eigenvalue weighted by molar-refractivity contribution is 6.38. The Kier molecular flexibility index (Phi) is 5.77. The summed E-state index contributed by atoms with van der Waals surface area (Å²) < 4.78 is 0. The average molecular weight is 442 g/mol. The molecule has 2 aliphatic heterocycles. The minimum absolute atomic E-state index is 0.0944. The number of H-pyrrole nitrogens is 1. The maximum atomic E-state index is 13.2. The Bertz CT molecular complexity index is 1200. The number of aryl methyl sites for hydroxylation is 2. The molecule has 2 aliphatic rings. The van der Waals surface area contributed by atoms with E-state index in [2.05, 4.69) is 75.7 Å². The van der Waals surface area contributed by atoms with Crippen LogP contribution in [0.4, 0.5) is 11.4 Å². The van der Waals surface area contributed by atoms with Crippen molar-refractivity contribution in [3.63, 3.8) is 0 Å². The van der Waals surface area contributed by atoms with Crippen LogP contribution in [-0.4, -0.2) is 46.5 Å². The zero-order valence-electron chi connectivity index (χ0n) is 19.5. The smallest absolute Gasteiger partial charge is 0.257 e. The molecule has 1 aromatic heterocycles. The van der Waals surface area contributed by atoms with Gasteiger partial charge in [-0.15, -0.1) is 0 Å². The molecule has 0 radical (unpaired) electrons. The first-order chi connectivity index (χ1) is 16.0. The number of fused-ring (bicyclic) bond motifs is 1. The Balaban J connectivity index is 1.55. The van der Waals surface area contributed by atoms with Gasteiger partial charge in [0.25, 0.3) is 5.91 Å². The molecule has 0 unspecified atom stereocenters. The van der Waals surface area contributed by atoms with E-state index in [0.29, 0.717) is 17.4 Å². The van der Waals surface area contributed by atoms with Crippen molar-refractivity contribution in [1.82, 2.24) is 14.9 Å². The summed E-state index contributed by atoms with van der Waals surface area (Å²) in [6.45, 7) is 9.62. The minimum atomic E-state index is -0.0944. The number of rotatable bonds is 5.